The molecule has 0 radical (unpaired) electrons. The van der Waals surface area contributed by atoms with Gasteiger partial charge in [0.05, 0.1) is 6.04 Å². The summed E-state index contributed by atoms with van der Waals surface area (Å²) >= 11 is 0. The highest BCUT2D eigenvalue weighted by atomic mass is 16.6. The van der Waals surface area contributed by atoms with Crippen molar-refractivity contribution < 1.29 is 14.3 Å². The first-order chi connectivity index (χ1) is 11.4. The number of ether oxygens (including phenoxy) is 1. The van der Waals surface area contributed by atoms with Crippen LogP contribution in [0.15, 0.2) is 0 Å². The highest BCUT2D eigenvalue weighted by molar-refractivity contribution is 5.82. The van der Waals surface area contributed by atoms with E-state index in [0.29, 0.717) is 0 Å². The van der Waals surface area contributed by atoms with Crippen molar-refractivity contribution in [1.82, 2.24) is 10.2 Å². The number of rotatable bonds is 5. The quantitative estimate of drug-likeness (QED) is 0.794. The van der Waals surface area contributed by atoms with Crippen molar-refractivity contribution in [3.8, 4) is 0 Å². The normalized spacial score (nSPS) is 22.6. The molecule has 6 heteroatoms. The number of alkyl carbamates (subject to hydrolysis) is 1. The van der Waals surface area contributed by atoms with Gasteiger partial charge in [-0.2, -0.15) is 0 Å². The maximum atomic E-state index is 12.8. The maximum absolute atomic E-state index is 12.8. The van der Waals surface area contributed by atoms with Gasteiger partial charge in [0.2, 0.25) is 5.91 Å². The van der Waals surface area contributed by atoms with E-state index in [0.717, 1.165) is 25.7 Å². The summed E-state index contributed by atoms with van der Waals surface area (Å²) in [5, 5.41) is 2.95. The summed E-state index contributed by atoms with van der Waals surface area (Å²) in [5.74, 6) is 0.160. The minimum Gasteiger partial charge on any atom is -0.444 e. The third kappa shape index (κ3) is 6.84. The van der Waals surface area contributed by atoms with Gasteiger partial charge in [0.1, 0.15) is 5.60 Å². The Hall–Kier alpha value is -1.30. The fourth-order valence-corrected chi connectivity index (χ4v) is 3.29. The van der Waals surface area contributed by atoms with Gasteiger partial charge in [-0.15, -0.1) is 0 Å². The van der Waals surface area contributed by atoms with E-state index in [9.17, 15) is 9.59 Å². The Morgan fingerprint density at radius 3 is 2.00 bits per heavy atom. The molecule has 0 heterocycles. The molecular weight excluding hydrogens is 318 g/mol. The molecule has 1 atom stereocenters. The van der Waals surface area contributed by atoms with Gasteiger partial charge in [0, 0.05) is 18.1 Å². The zero-order chi connectivity index (χ0) is 19.4. The topological polar surface area (TPSA) is 84.7 Å². The monoisotopic (exact) mass is 355 g/mol. The summed E-state index contributed by atoms with van der Waals surface area (Å²) in [5.41, 5.74) is 5.60. The van der Waals surface area contributed by atoms with Crippen LogP contribution in [0.4, 0.5) is 4.79 Å². The fraction of sp³-hybridized carbons (Fsp3) is 0.895. The second-order valence-electron chi connectivity index (χ2n) is 8.76. The highest BCUT2D eigenvalue weighted by Crippen LogP contribution is 2.26. The molecule has 1 saturated carbocycles. The SMILES string of the molecule is CC(C)C(N)C(=O)N(C(C)C)C1CCC(NC(=O)OC(C)(C)C)CC1. The van der Waals surface area contributed by atoms with Gasteiger partial charge in [-0.25, -0.2) is 4.79 Å². The van der Waals surface area contributed by atoms with Crippen LogP contribution in [0.25, 0.3) is 0 Å². The number of hydrogen-bond donors (Lipinski definition) is 2. The Bertz CT molecular complexity index is 449. The number of carbonyl (C=O) groups excluding carboxylic acids is 2. The first kappa shape index (κ1) is 21.7. The number of nitrogens with one attached hydrogen (secondary N) is 1. The van der Waals surface area contributed by atoms with Crippen LogP contribution in [0, 0.1) is 5.92 Å². The average molecular weight is 356 g/mol. The van der Waals surface area contributed by atoms with Crippen LogP contribution in [0.3, 0.4) is 0 Å². The average Bonchev–Trinajstić information content (AvgIpc) is 2.45. The predicted molar refractivity (Wildman–Crippen MR) is 100 cm³/mol. The number of hydrogen-bond acceptors (Lipinski definition) is 4. The van der Waals surface area contributed by atoms with Crippen LogP contribution in [0.5, 0.6) is 0 Å². The minimum absolute atomic E-state index is 0.0357. The van der Waals surface area contributed by atoms with Crippen molar-refractivity contribution in [1.29, 1.82) is 0 Å². The molecule has 0 spiro atoms. The van der Waals surface area contributed by atoms with E-state index in [1.807, 2.05) is 53.4 Å². The lowest BCUT2D eigenvalue weighted by atomic mass is 9.88. The van der Waals surface area contributed by atoms with E-state index >= 15 is 0 Å². The molecule has 1 aliphatic carbocycles. The molecule has 0 aliphatic heterocycles. The molecule has 146 valence electrons. The molecule has 25 heavy (non-hydrogen) atoms. The number of carbonyl (C=O) groups is 2. The first-order valence-electron chi connectivity index (χ1n) is 9.49. The lowest BCUT2D eigenvalue weighted by molar-refractivity contribution is -0.138. The zero-order valence-corrected chi connectivity index (χ0v) is 17.0. The van der Waals surface area contributed by atoms with Crippen LogP contribution >= 0.6 is 0 Å². The summed E-state index contributed by atoms with van der Waals surface area (Å²) in [6.45, 7) is 13.6. The zero-order valence-electron chi connectivity index (χ0n) is 17.0. The third-order valence-electron chi connectivity index (χ3n) is 4.63. The third-order valence-corrected chi connectivity index (χ3v) is 4.63. The number of nitrogens with two attached hydrogens (primary N) is 1. The molecule has 1 aliphatic rings. The molecule has 6 nitrogen and oxygen atoms in total. The van der Waals surface area contributed by atoms with Crippen LogP contribution in [-0.4, -0.2) is 46.7 Å². The van der Waals surface area contributed by atoms with E-state index in [1.54, 1.807) is 0 Å². The van der Waals surface area contributed by atoms with Crippen molar-refractivity contribution in [3.05, 3.63) is 0 Å². The Kier molecular flexibility index (Phi) is 7.72. The molecule has 3 N–H and O–H groups in total. The van der Waals surface area contributed by atoms with Crippen LogP contribution < -0.4 is 11.1 Å². The Labute approximate surface area is 152 Å². The molecule has 1 fully saturated rings. The van der Waals surface area contributed by atoms with Gasteiger partial charge in [0.25, 0.3) is 0 Å². The van der Waals surface area contributed by atoms with E-state index < -0.39 is 11.6 Å². The summed E-state index contributed by atoms with van der Waals surface area (Å²) in [6.07, 6.45) is 3.06. The first-order valence-corrected chi connectivity index (χ1v) is 9.49. The second kappa shape index (κ2) is 8.88. The molecule has 1 unspecified atom stereocenters. The van der Waals surface area contributed by atoms with Gasteiger partial charge in [-0.05, 0) is 66.2 Å². The van der Waals surface area contributed by atoms with Crippen molar-refractivity contribution in [2.75, 3.05) is 0 Å². The highest BCUT2D eigenvalue weighted by Gasteiger charge is 2.34. The molecule has 0 bridgehead atoms. The van der Waals surface area contributed by atoms with Crippen molar-refractivity contribution in [2.24, 2.45) is 11.7 Å². The van der Waals surface area contributed by atoms with Gasteiger partial charge in [-0.1, -0.05) is 13.8 Å². The standard InChI is InChI=1S/C19H37N3O3/c1-12(2)16(20)17(23)22(13(3)4)15-10-8-14(9-11-15)21-18(24)25-19(5,6)7/h12-16H,8-11,20H2,1-7H3,(H,21,24). The molecule has 0 aromatic rings. The molecule has 1 rings (SSSR count). The van der Waals surface area contributed by atoms with Crippen LogP contribution in [0.1, 0.15) is 74.1 Å². The van der Waals surface area contributed by atoms with Gasteiger partial charge in [0.15, 0.2) is 0 Å². The predicted octanol–water partition coefficient (Wildman–Crippen LogP) is 3.04. The van der Waals surface area contributed by atoms with E-state index in [-0.39, 0.29) is 36.0 Å². The fourth-order valence-electron chi connectivity index (χ4n) is 3.29. The summed E-state index contributed by atoms with van der Waals surface area (Å²) < 4.78 is 5.32. The van der Waals surface area contributed by atoms with Crippen molar-refractivity contribution >= 4 is 12.0 Å². The Balaban J connectivity index is 2.60. The van der Waals surface area contributed by atoms with Gasteiger partial charge >= 0.3 is 6.09 Å². The van der Waals surface area contributed by atoms with E-state index in [2.05, 4.69) is 5.32 Å². The molecule has 0 aromatic heterocycles. The lowest BCUT2D eigenvalue weighted by Crippen LogP contribution is -2.55. The molecular formula is C19H37N3O3. The van der Waals surface area contributed by atoms with Gasteiger partial charge < -0.3 is 20.7 Å². The molecule has 0 aromatic carbocycles. The summed E-state index contributed by atoms with van der Waals surface area (Å²) in [6, 6.07) is -0.0411. The number of amides is 2. The summed E-state index contributed by atoms with van der Waals surface area (Å²) in [7, 11) is 0. The lowest BCUT2D eigenvalue weighted by Gasteiger charge is -2.41. The van der Waals surface area contributed by atoms with Gasteiger partial charge in [-0.3, -0.25) is 4.79 Å². The maximum Gasteiger partial charge on any atom is 0.407 e. The number of nitrogens with zero attached hydrogens (tertiary/aromatic N) is 1. The Morgan fingerprint density at radius 2 is 1.60 bits per heavy atom. The minimum atomic E-state index is -0.491. The van der Waals surface area contributed by atoms with Crippen molar-refractivity contribution in [3.63, 3.8) is 0 Å². The second-order valence-corrected chi connectivity index (χ2v) is 8.76. The van der Waals surface area contributed by atoms with E-state index in [4.69, 9.17) is 10.5 Å². The van der Waals surface area contributed by atoms with Crippen LogP contribution in [-0.2, 0) is 9.53 Å². The smallest absolute Gasteiger partial charge is 0.407 e. The largest absolute Gasteiger partial charge is 0.444 e. The van der Waals surface area contributed by atoms with E-state index in [1.165, 1.54) is 0 Å². The Morgan fingerprint density at radius 1 is 1.08 bits per heavy atom. The molecule has 0 saturated heterocycles. The summed E-state index contributed by atoms with van der Waals surface area (Å²) in [4.78, 5) is 26.6. The van der Waals surface area contributed by atoms with Crippen LogP contribution in [0.2, 0.25) is 0 Å². The molecule has 2 amide bonds. The van der Waals surface area contributed by atoms with Crippen molar-refractivity contribution in [2.45, 2.75) is 104 Å².